The average molecular weight is 224 g/mol. The second kappa shape index (κ2) is 9.47. The second-order valence-electron chi connectivity index (χ2n) is 2.55. The Morgan fingerprint density at radius 1 is 1.23 bits per heavy atom. The zero-order valence-corrected chi connectivity index (χ0v) is 9.71. The molecule has 0 bridgehead atoms. The molecular formula is C7H16N2O2S2. The molecule has 0 saturated carbocycles. The van der Waals surface area contributed by atoms with Crippen molar-refractivity contribution in [3.8, 4) is 0 Å². The predicted octanol–water partition coefficient (Wildman–Crippen LogP) is 0.779. The van der Waals surface area contributed by atoms with Crippen LogP contribution in [0.3, 0.4) is 0 Å². The molecule has 78 valence electrons. The van der Waals surface area contributed by atoms with E-state index in [-0.39, 0.29) is 10.3 Å². The lowest BCUT2D eigenvalue weighted by atomic mass is 10.2. The van der Waals surface area contributed by atoms with E-state index < -0.39 is 0 Å². The van der Waals surface area contributed by atoms with Crippen molar-refractivity contribution in [2.75, 3.05) is 13.7 Å². The molecule has 0 spiro atoms. The third-order valence-corrected chi connectivity index (χ3v) is 1.04. The minimum atomic E-state index is 0.0880. The SMILES string of the molecule is CC(C)COC(N)=S.COC(N)=S. The maximum atomic E-state index is 5.05. The molecular weight excluding hydrogens is 208 g/mol. The summed E-state index contributed by atoms with van der Waals surface area (Å²) in [5.41, 5.74) is 9.85. The van der Waals surface area contributed by atoms with Gasteiger partial charge in [-0.3, -0.25) is 0 Å². The molecule has 0 aromatic carbocycles. The maximum Gasteiger partial charge on any atom is 0.253 e. The standard InChI is InChI=1S/C5H11NOS.C2H5NOS/c1-4(2)3-7-5(6)8;1-4-2(3)5/h4H,3H2,1-2H3,(H2,6,8);1H3,(H2,3,5). The Morgan fingerprint density at radius 3 is 1.69 bits per heavy atom. The summed E-state index contributed by atoms with van der Waals surface area (Å²) >= 11 is 8.72. The van der Waals surface area contributed by atoms with Gasteiger partial charge in [-0.2, -0.15) is 0 Å². The Bertz CT molecular complexity index is 163. The van der Waals surface area contributed by atoms with Crippen LogP contribution in [-0.4, -0.2) is 24.1 Å². The first-order valence-corrected chi connectivity index (χ1v) is 4.47. The highest BCUT2D eigenvalue weighted by Crippen LogP contribution is 1.90. The van der Waals surface area contributed by atoms with Gasteiger partial charge in [-0.05, 0) is 30.4 Å². The molecule has 0 radical (unpaired) electrons. The number of rotatable bonds is 2. The fraction of sp³-hybridized carbons (Fsp3) is 0.714. The van der Waals surface area contributed by atoms with Gasteiger partial charge in [0.15, 0.2) is 0 Å². The van der Waals surface area contributed by atoms with Crippen molar-refractivity contribution in [3.63, 3.8) is 0 Å². The van der Waals surface area contributed by atoms with Crippen LogP contribution in [0.15, 0.2) is 0 Å². The van der Waals surface area contributed by atoms with Crippen molar-refractivity contribution < 1.29 is 9.47 Å². The normalized spacial score (nSPS) is 8.31. The molecule has 0 aliphatic carbocycles. The summed E-state index contributed by atoms with van der Waals surface area (Å²) in [5, 5.41) is 0.226. The summed E-state index contributed by atoms with van der Waals surface area (Å²) in [6, 6.07) is 0. The third kappa shape index (κ3) is 24.6. The highest BCUT2D eigenvalue weighted by molar-refractivity contribution is 7.80. The zero-order valence-electron chi connectivity index (χ0n) is 8.07. The molecule has 0 aromatic heterocycles. The minimum Gasteiger partial charge on any atom is -0.475 e. The van der Waals surface area contributed by atoms with Gasteiger partial charge in [-0.15, -0.1) is 0 Å². The van der Waals surface area contributed by atoms with Crippen molar-refractivity contribution in [1.82, 2.24) is 0 Å². The van der Waals surface area contributed by atoms with Gasteiger partial charge < -0.3 is 20.9 Å². The molecule has 0 heterocycles. The summed E-state index contributed by atoms with van der Waals surface area (Å²) in [4.78, 5) is 0. The Balaban J connectivity index is 0. The van der Waals surface area contributed by atoms with Crippen LogP contribution in [0.25, 0.3) is 0 Å². The molecule has 13 heavy (non-hydrogen) atoms. The van der Waals surface area contributed by atoms with Crippen molar-refractivity contribution in [2.24, 2.45) is 17.4 Å². The number of ether oxygens (including phenoxy) is 2. The van der Waals surface area contributed by atoms with Gasteiger partial charge in [0.25, 0.3) is 10.3 Å². The van der Waals surface area contributed by atoms with Gasteiger partial charge >= 0.3 is 0 Å². The number of methoxy groups -OCH3 is 1. The molecule has 6 heteroatoms. The smallest absolute Gasteiger partial charge is 0.253 e. The Kier molecular flexibility index (Phi) is 10.8. The van der Waals surface area contributed by atoms with E-state index >= 15 is 0 Å². The van der Waals surface area contributed by atoms with E-state index in [2.05, 4.69) is 29.2 Å². The summed E-state index contributed by atoms with van der Waals surface area (Å²) in [7, 11) is 1.43. The topological polar surface area (TPSA) is 70.5 Å². The maximum absolute atomic E-state index is 5.05. The van der Waals surface area contributed by atoms with Crippen LogP contribution >= 0.6 is 24.4 Å². The minimum absolute atomic E-state index is 0.0880. The molecule has 4 N–H and O–H groups in total. The van der Waals surface area contributed by atoms with E-state index in [1.54, 1.807) is 0 Å². The van der Waals surface area contributed by atoms with Crippen LogP contribution in [0.5, 0.6) is 0 Å². The Labute approximate surface area is 89.6 Å². The van der Waals surface area contributed by atoms with E-state index in [0.717, 1.165) is 0 Å². The molecule has 4 nitrogen and oxygen atoms in total. The third-order valence-electron chi connectivity index (χ3n) is 0.760. The largest absolute Gasteiger partial charge is 0.475 e. The summed E-state index contributed by atoms with van der Waals surface area (Å²) in [6.45, 7) is 4.70. The molecule has 0 unspecified atom stereocenters. The van der Waals surface area contributed by atoms with Crippen LogP contribution < -0.4 is 11.5 Å². The summed E-state index contributed by atoms with van der Waals surface area (Å²) in [5.74, 6) is 0.497. The molecule has 0 fully saturated rings. The fourth-order valence-electron chi connectivity index (χ4n) is 0.249. The van der Waals surface area contributed by atoms with Gasteiger partial charge in [0.2, 0.25) is 0 Å². The van der Waals surface area contributed by atoms with Crippen molar-refractivity contribution >= 4 is 34.8 Å². The Hall–Kier alpha value is -0.620. The van der Waals surface area contributed by atoms with Crippen LogP contribution in [0.1, 0.15) is 13.8 Å². The second-order valence-corrected chi connectivity index (χ2v) is 3.35. The first kappa shape index (κ1) is 14.9. The van der Waals surface area contributed by atoms with Crippen LogP contribution in [0.2, 0.25) is 0 Å². The van der Waals surface area contributed by atoms with Crippen molar-refractivity contribution in [2.45, 2.75) is 13.8 Å². The van der Waals surface area contributed by atoms with E-state index in [1.807, 2.05) is 13.8 Å². The van der Waals surface area contributed by atoms with Gasteiger partial charge in [0.05, 0.1) is 13.7 Å². The molecule has 0 aromatic rings. The highest BCUT2D eigenvalue weighted by atomic mass is 32.1. The van der Waals surface area contributed by atoms with Crippen molar-refractivity contribution in [3.05, 3.63) is 0 Å². The van der Waals surface area contributed by atoms with E-state index in [0.29, 0.717) is 12.5 Å². The fourth-order valence-corrected chi connectivity index (χ4v) is 0.317. The lowest BCUT2D eigenvalue weighted by molar-refractivity contribution is 0.262. The van der Waals surface area contributed by atoms with Crippen molar-refractivity contribution in [1.29, 1.82) is 0 Å². The Morgan fingerprint density at radius 2 is 1.62 bits per heavy atom. The molecule has 0 rings (SSSR count). The molecule has 0 aliphatic heterocycles. The predicted molar refractivity (Wildman–Crippen MR) is 61.4 cm³/mol. The molecule has 0 atom stereocenters. The summed E-state index contributed by atoms with van der Waals surface area (Å²) in [6.07, 6.45) is 0. The lowest BCUT2D eigenvalue weighted by Crippen LogP contribution is -2.15. The average Bonchev–Trinajstić information content (AvgIpc) is 2.02. The van der Waals surface area contributed by atoms with Gasteiger partial charge in [-0.25, -0.2) is 0 Å². The number of hydrogen-bond acceptors (Lipinski definition) is 4. The van der Waals surface area contributed by atoms with Crippen LogP contribution in [-0.2, 0) is 9.47 Å². The molecule has 0 amide bonds. The van der Waals surface area contributed by atoms with Gasteiger partial charge in [0, 0.05) is 0 Å². The van der Waals surface area contributed by atoms with E-state index in [9.17, 15) is 0 Å². The number of thiocarbonyl (C=S) groups is 2. The quantitative estimate of drug-likeness (QED) is 0.675. The van der Waals surface area contributed by atoms with E-state index in [4.69, 9.17) is 16.2 Å². The summed E-state index contributed by atoms with van der Waals surface area (Å²) < 4.78 is 9.07. The molecule has 0 saturated heterocycles. The first-order valence-electron chi connectivity index (χ1n) is 3.65. The van der Waals surface area contributed by atoms with Gasteiger partial charge in [-0.1, -0.05) is 13.8 Å². The highest BCUT2D eigenvalue weighted by Gasteiger charge is 1.92. The monoisotopic (exact) mass is 224 g/mol. The van der Waals surface area contributed by atoms with Gasteiger partial charge in [0.1, 0.15) is 0 Å². The number of nitrogens with two attached hydrogens (primary N) is 2. The number of hydrogen-bond donors (Lipinski definition) is 2. The van der Waals surface area contributed by atoms with Crippen LogP contribution in [0, 0.1) is 5.92 Å². The first-order chi connectivity index (χ1) is 5.90. The lowest BCUT2D eigenvalue weighted by Gasteiger charge is -2.04. The van der Waals surface area contributed by atoms with E-state index in [1.165, 1.54) is 7.11 Å². The zero-order chi connectivity index (χ0) is 10.9. The molecule has 0 aliphatic rings. The van der Waals surface area contributed by atoms with Crippen LogP contribution in [0.4, 0.5) is 0 Å².